The van der Waals surface area contributed by atoms with Gasteiger partial charge in [-0.25, -0.2) is 0 Å². The van der Waals surface area contributed by atoms with Crippen LogP contribution in [0.2, 0.25) is 0 Å². The van der Waals surface area contributed by atoms with Gasteiger partial charge in [0, 0.05) is 37.6 Å². The summed E-state index contributed by atoms with van der Waals surface area (Å²) in [6, 6.07) is 22.4. The average Bonchev–Trinajstić information content (AvgIpc) is 3.45. The maximum absolute atomic E-state index is 5.37. The summed E-state index contributed by atoms with van der Waals surface area (Å²) in [6.45, 7) is 5.04. The highest BCUT2D eigenvalue weighted by Crippen LogP contribution is 2.30. The Morgan fingerprint density at radius 2 is 1.78 bits per heavy atom. The highest BCUT2D eigenvalue weighted by molar-refractivity contribution is 5.29. The van der Waals surface area contributed by atoms with Gasteiger partial charge in [0.15, 0.2) is 0 Å². The lowest BCUT2D eigenvalue weighted by molar-refractivity contribution is 0.239. The van der Waals surface area contributed by atoms with Crippen LogP contribution in [0.15, 0.2) is 66.9 Å². The number of rotatable bonds is 8. The van der Waals surface area contributed by atoms with Crippen molar-refractivity contribution in [2.75, 3.05) is 7.11 Å². The standard InChI is InChI=1S/C24H28N2O/c1-19-8-10-20(11-9-19)16-26(22-12-13-22)18-23-6-4-14-25(23)17-21-5-3-7-24(15-21)27-2/h3-11,14-15,22H,12-13,16-18H2,1-2H3. The largest absolute Gasteiger partial charge is 0.497 e. The van der Waals surface area contributed by atoms with Crippen molar-refractivity contribution < 1.29 is 4.74 Å². The molecule has 2 aromatic carbocycles. The molecule has 0 N–H and O–H groups in total. The lowest BCUT2D eigenvalue weighted by Crippen LogP contribution is -2.26. The second-order valence-electron chi connectivity index (χ2n) is 7.60. The zero-order valence-electron chi connectivity index (χ0n) is 16.3. The van der Waals surface area contributed by atoms with E-state index in [1.165, 1.54) is 35.2 Å². The van der Waals surface area contributed by atoms with Gasteiger partial charge < -0.3 is 9.30 Å². The number of nitrogens with zero attached hydrogens (tertiary/aromatic N) is 2. The third-order valence-electron chi connectivity index (χ3n) is 5.35. The molecule has 3 heteroatoms. The molecular formula is C24H28N2O. The van der Waals surface area contributed by atoms with Crippen LogP contribution in [0, 0.1) is 6.92 Å². The fourth-order valence-electron chi connectivity index (χ4n) is 3.60. The Kier molecular flexibility index (Phi) is 5.30. The van der Waals surface area contributed by atoms with E-state index < -0.39 is 0 Å². The van der Waals surface area contributed by atoms with Gasteiger partial charge in [-0.2, -0.15) is 0 Å². The van der Waals surface area contributed by atoms with Crippen LogP contribution in [-0.4, -0.2) is 22.6 Å². The van der Waals surface area contributed by atoms with Crippen LogP contribution in [0.1, 0.15) is 35.2 Å². The second kappa shape index (κ2) is 8.01. The smallest absolute Gasteiger partial charge is 0.119 e. The maximum Gasteiger partial charge on any atom is 0.119 e. The first-order valence-corrected chi connectivity index (χ1v) is 9.78. The molecule has 3 nitrogen and oxygen atoms in total. The van der Waals surface area contributed by atoms with Crippen molar-refractivity contribution in [3.05, 3.63) is 89.2 Å². The molecule has 0 spiro atoms. The minimum absolute atomic E-state index is 0.728. The van der Waals surface area contributed by atoms with Crippen LogP contribution < -0.4 is 4.74 Å². The van der Waals surface area contributed by atoms with Gasteiger partial charge in [0.25, 0.3) is 0 Å². The molecule has 0 radical (unpaired) electrons. The van der Waals surface area contributed by atoms with Crippen LogP contribution in [0.4, 0.5) is 0 Å². The van der Waals surface area contributed by atoms with Gasteiger partial charge in [0.05, 0.1) is 7.11 Å². The highest BCUT2D eigenvalue weighted by Gasteiger charge is 2.29. The molecule has 1 saturated carbocycles. The minimum Gasteiger partial charge on any atom is -0.497 e. The molecule has 27 heavy (non-hydrogen) atoms. The molecule has 140 valence electrons. The number of ether oxygens (including phenoxy) is 1. The number of hydrogen-bond acceptors (Lipinski definition) is 2. The summed E-state index contributed by atoms with van der Waals surface area (Å²) < 4.78 is 7.73. The molecule has 4 rings (SSSR count). The minimum atomic E-state index is 0.728. The molecule has 3 aromatic rings. The third kappa shape index (κ3) is 4.61. The lowest BCUT2D eigenvalue weighted by atomic mass is 10.1. The van der Waals surface area contributed by atoms with Gasteiger partial charge in [-0.3, -0.25) is 4.90 Å². The average molecular weight is 361 g/mol. The van der Waals surface area contributed by atoms with E-state index in [0.717, 1.165) is 31.4 Å². The van der Waals surface area contributed by atoms with Gasteiger partial charge in [0.1, 0.15) is 5.75 Å². The first kappa shape index (κ1) is 17.9. The zero-order chi connectivity index (χ0) is 18.6. The molecule has 0 unspecified atom stereocenters. The number of benzene rings is 2. The summed E-state index contributed by atoms with van der Waals surface area (Å²) in [5.74, 6) is 0.917. The van der Waals surface area contributed by atoms with Crippen LogP contribution in [0.5, 0.6) is 5.75 Å². The van der Waals surface area contributed by atoms with Crippen LogP contribution >= 0.6 is 0 Å². The van der Waals surface area contributed by atoms with Gasteiger partial charge in [0.2, 0.25) is 0 Å². The summed E-state index contributed by atoms with van der Waals surface area (Å²) in [7, 11) is 1.72. The highest BCUT2D eigenvalue weighted by atomic mass is 16.5. The zero-order valence-corrected chi connectivity index (χ0v) is 16.3. The number of aryl methyl sites for hydroxylation is 1. The van der Waals surface area contributed by atoms with Crippen molar-refractivity contribution in [1.29, 1.82) is 0 Å². The predicted octanol–water partition coefficient (Wildman–Crippen LogP) is 5.02. The Morgan fingerprint density at radius 3 is 2.52 bits per heavy atom. The molecular weight excluding hydrogens is 332 g/mol. The van der Waals surface area contributed by atoms with E-state index in [0.29, 0.717) is 0 Å². The van der Waals surface area contributed by atoms with Gasteiger partial charge >= 0.3 is 0 Å². The Hall–Kier alpha value is -2.52. The molecule has 0 aliphatic heterocycles. The first-order valence-electron chi connectivity index (χ1n) is 9.78. The van der Waals surface area contributed by atoms with Crippen molar-refractivity contribution in [3.63, 3.8) is 0 Å². The van der Waals surface area contributed by atoms with E-state index in [1.54, 1.807) is 7.11 Å². The summed E-state index contributed by atoms with van der Waals surface area (Å²) in [5, 5.41) is 0. The van der Waals surface area contributed by atoms with Crippen LogP contribution in [0.25, 0.3) is 0 Å². The van der Waals surface area contributed by atoms with Crippen molar-refractivity contribution in [2.45, 2.75) is 45.4 Å². The van der Waals surface area contributed by atoms with Crippen LogP contribution in [-0.2, 0) is 19.6 Å². The van der Waals surface area contributed by atoms with E-state index in [4.69, 9.17) is 4.74 Å². The van der Waals surface area contributed by atoms with Crippen molar-refractivity contribution in [2.24, 2.45) is 0 Å². The van der Waals surface area contributed by atoms with Crippen molar-refractivity contribution >= 4 is 0 Å². The van der Waals surface area contributed by atoms with E-state index >= 15 is 0 Å². The molecule has 1 fully saturated rings. The molecule has 0 amide bonds. The molecule has 1 aromatic heterocycles. The summed E-state index contributed by atoms with van der Waals surface area (Å²) in [5.41, 5.74) is 5.36. The van der Waals surface area contributed by atoms with E-state index in [2.05, 4.69) is 77.2 Å². The molecule has 1 heterocycles. The maximum atomic E-state index is 5.37. The monoisotopic (exact) mass is 360 g/mol. The van der Waals surface area contributed by atoms with Gasteiger partial charge in [-0.1, -0.05) is 42.0 Å². The summed E-state index contributed by atoms with van der Waals surface area (Å²) in [6.07, 6.45) is 4.83. The van der Waals surface area contributed by atoms with E-state index in [-0.39, 0.29) is 0 Å². The molecule has 1 aliphatic carbocycles. The topological polar surface area (TPSA) is 17.4 Å². The van der Waals surface area contributed by atoms with Crippen molar-refractivity contribution in [3.8, 4) is 5.75 Å². The fraction of sp³-hybridized carbons (Fsp3) is 0.333. The van der Waals surface area contributed by atoms with E-state index in [9.17, 15) is 0 Å². The Morgan fingerprint density at radius 1 is 0.963 bits per heavy atom. The lowest BCUT2D eigenvalue weighted by Gasteiger charge is -2.23. The predicted molar refractivity (Wildman–Crippen MR) is 110 cm³/mol. The fourth-order valence-corrected chi connectivity index (χ4v) is 3.60. The third-order valence-corrected chi connectivity index (χ3v) is 5.35. The summed E-state index contributed by atoms with van der Waals surface area (Å²) in [4.78, 5) is 2.63. The Labute approximate surface area is 162 Å². The van der Waals surface area contributed by atoms with Gasteiger partial charge in [-0.05, 0) is 55.2 Å². The van der Waals surface area contributed by atoms with E-state index in [1.807, 2.05) is 6.07 Å². The van der Waals surface area contributed by atoms with Gasteiger partial charge in [-0.15, -0.1) is 0 Å². The normalized spacial score (nSPS) is 13.9. The number of aromatic nitrogens is 1. The van der Waals surface area contributed by atoms with Crippen molar-refractivity contribution in [1.82, 2.24) is 9.47 Å². The van der Waals surface area contributed by atoms with Crippen LogP contribution in [0.3, 0.4) is 0 Å². The first-order chi connectivity index (χ1) is 13.2. The molecule has 0 saturated heterocycles. The number of methoxy groups -OCH3 is 1. The number of hydrogen-bond donors (Lipinski definition) is 0. The molecule has 1 aliphatic rings. The Balaban J connectivity index is 1.48. The quantitative estimate of drug-likeness (QED) is 0.561. The molecule has 0 atom stereocenters. The molecule has 0 bridgehead atoms. The Bertz CT molecular complexity index is 877. The second-order valence-corrected chi connectivity index (χ2v) is 7.60. The summed E-state index contributed by atoms with van der Waals surface area (Å²) >= 11 is 0. The SMILES string of the molecule is COc1cccc(Cn2cccc2CN(Cc2ccc(C)cc2)C2CC2)c1.